The summed E-state index contributed by atoms with van der Waals surface area (Å²) in [5, 5.41) is 3.63. The summed E-state index contributed by atoms with van der Waals surface area (Å²) in [6.45, 7) is 4.90. The number of sulfonamides is 1. The highest BCUT2D eigenvalue weighted by molar-refractivity contribution is 7.92. The first-order chi connectivity index (χ1) is 9.22. The molecule has 0 saturated heterocycles. The van der Waals surface area contributed by atoms with Crippen molar-refractivity contribution in [3.8, 4) is 0 Å². The van der Waals surface area contributed by atoms with E-state index in [4.69, 9.17) is 10.3 Å². The second-order valence-electron chi connectivity index (χ2n) is 4.47. The third kappa shape index (κ3) is 2.46. The van der Waals surface area contributed by atoms with Crippen LogP contribution in [-0.4, -0.2) is 13.6 Å². The summed E-state index contributed by atoms with van der Waals surface area (Å²) < 4.78 is 45.1. The normalized spacial score (nSPS) is 11.6. The average molecular weight is 299 g/mol. The number of aromatic nitrogens is 1. The Bertz CT molecular complexity index is 768. The number of nitrogens with zero attached hydrogens (tertiary/aromatic N) is 1. The Kier molecular flexibility index (Phi) is 3.43. The van der Waals surface area contributed by atoms with Gasteiger partial charge in [-0.1, -0.05) is 5.16 Å². The van der Waals surface area contributed by atoms with E-state index in [-0.39, 0.29) is 11.6 Å². The molecule has 2 rings (SSSR count). The molecule has 1 aromatic heterocycles. The van der Waals surface area contributed by atoms with Crippen molar-refractivity contribution < 1.29 is 17.3 Å². The van der Waals surface area contributed by atoms with E-state index in [9.17, 15) is 12.8 Å². The minimum Gasteiger partial charge on any atom is -0.398 e. The molecule has 0 radical (unpaired) electrons. The molecule has 1 heterocycles. The van der Waals surface area contributed by atoms with Gasteiger partial charge in [-0.3, -0.25) is 0 Å². The van der Waals surface area contributed by atoms with Crippen LogP contribution in [0.5, 0.6) is 0 Å². The lowest BCUT2D eigenvalue weighted by atomic mass is 10.2. The minimum absolute atomic E-state index is 0.0407. The van der Waals surface area contributed by atoms with Crippen LogP contribution in [0, 0.1) is 26.6 Å². The van der Waals surface area contributed by atoms with Gasteiger partial charge >= 0.3 is 0 Å². The zero-order chi connectivity index (χ0) is 15.1. The van der Waals surface area contributed by atoms with E-state index < -0.39 is 20.7 Å². The van der Waals surface area contributed by atoms with Gasteiger partial charge in [0.25, 0.3) is 10.0 Å². The lowest BCUT2D eigenvalue weighted by molar-refractivity contribution is 0.430. The molecule has 0 aliphatic carbocycles. The number of nitrogen functional groups attached to an aromatic ring is 1. The Morgan fingerprint density at radius 2 is 1.95 bits per heavy atom. The summed E-state index contributed by atoms with van der Waals surface area (Å²) >= 11 is 0. The third-order valence-corrected chi connectivity index (χ3v) is 4.34. The van der Waals surface area contributed by atoms with Crippen LogP contribution in [0.2, 0.25) is 0 Å². The molecule has 0 amide bonds. The highest BCUT2D eigenvalue weighted by atomic mass is 32.2. The molecular formula is C12H14FN3O3S. The first-order valence-corrected chi connectivity index (χ1v) is 7.22. The van der Waals surface area contributed by atoms with Gasteiger partial charge in [0.15, 0.2) is 0 Å². The van der Waals surface area contributed by atoms with Crippen LogP contribution < -0.4 is 10.5 Å². The molecule has 0 unspecified atom stereocenters. The Morgan fingerprint density at radius 1 is 1.30 bits per heavy atom. The molecule has 0 spiro atoms. The van der Waals surface area contributed by atoms with Crippen molar-refractivity contribution in [2.75, 3.05) is 10.5 Å². The smallest absolute Gasteiger partial charge is 0.267 e. The molecule has 3 N–H and O–H groups in total. The molecule has 1 aromatic carbocycles. The molecule has 0 aliphatic heterocycles. The van der Waals surface area contributed by atoms with Gasteiger partial charge in [0.1, 0.15) is 10.7 Å². The standard InChI is InChI=1S/C12H14FN3O3S/c1-6-4-9(13)11(5-10(6)14)20(17,18)16-12-7(2)8(3)15-19-12/h4-5,16H,14H2,1-3H3. The van der Waals surface area contributed by atoms with Crippen molar-refractivity contribution in [1.29, 1.82) is 0 Å². The number of nitrogens with one attached hydrogen (secondary N) is 1. The number of rotatable bonds is 3. The highest BCUT2D eigenvalue weighted by Crippen LogP contribution is 2.25. The molecule has 0 bridgehead atoms. The maximum Gasteiger partial charge on any atom is 0.267 e. The van der Waals surface area contributed by atoms with Crippen LogP contribution in [0.4, 0.5) is 16.0 Å². The molecular weight excluding hydrogens is 285 g/mol. The summed E-state index contributed by atoms with van der Waals surface area (Å²) in [5.74, 6) is -0.917. The van der Waals surface area contributed by atoms with Crippen LogP contribution in [-0.2, 0) is 10.0 Å². The molecule has 108 valence electrons. The Balaban J connectivity index is 2.46. The third-order valence-electron chi connectivity index (χ3n) is 2.99. The first kappa shape index (κ1) is 14.3. The van der Waals surface area contributed by atoms with Gasteiger partial charge < -0.3 is 10.3 Å². The van der Waals surface area contributed by atoms with Gasteiger partial charge in [-0.2, -0.15) is 0 Å². The SMILES string of the molecule is Cc1cc(F)c(S(=O)(=O)Nc2onc(C)c2C)cc1N. The van der Waals surface area contributed by atoms with Gasteiger partial charge in [0.2, 0.25) is 5.88 Å². The zero-order valence-electron chi connectivity index (χ0n) is 11.2. The predicted molar refractivity (Wildman–Crippen MR) is 72.3 cm³/mol. The van der Waals surface area contributed by atoms with Gasteiger partial charge in [0.05, 0.1) is 5.69 Å². The van der Waals surface area contributed by atoms with Gasteiger partial charge in [-0.05, 0) is 38.5 Å². The number of anilines is 2. The van der Waals surface area contributed by atoms with Crippen LogP contribution in [0.3, 0.4) is 0 Å². The van der Waals surface area contributed by atoms with Crippen molar-refractivity contribution >= 4 is 21.6 Å². The second-order valence-corrected chi connectivity index (χ2v) is 6.12. The predicted octanol–water partition coefficient (Wildman–Crippen LogP) is 2.12. The van der Waals surface area contributed by atoms with Crippen LogP contribution in [0.25, 0.3) is 0 Å². The van der Waals surface area contributed by atoms with Crippen molar-refractivity contribution in [3.05, 3.63) is 34.8 Å². The monoisotopic (exact) mass is 299 g/mol. The van der Waals surface area contributed by atoms with E-state index in [0.29, 0.717) is 16.8 Å². The number of aryl methyl sites for hydroxylation is 2. The van der Waals surface area contributed by atoms with Crippen molar-refractivity contribution in [3.63, 3.8) is 0 Å². The average Bonchev–Trinajstić information content (AvgIpc) is 2.65. The van der Waals surface area contributed by atoms with Gasteiger partial charge in [0, 0.05) is 11.3 Å². The Labute approximate surface area is 115 Å². The lowest BCUT2D eigenvalue weighted by Gasteiger charge is -2.09. The summed E-state index contributed by atoms with van der Waals surface area (Å²) in [6, 6.07) is 2.15. The molecule has 0 aliphatic rings. The minimum atomic E-state index is -4.13. The lowest BCUT2D eigenvalue weighted by Crippen LogP contribution is -2.15. The topological polar surface area (TPSA) is 98.2 Å². The van der Waals surface area contributed by atoms with E-state index in [2.05, 4.69) is 9.88 Å². The largest absolute Gasteiger partial charge is 0.398 e. The van der Waals surface area contributed by atoms with E-state index in [1.54, 1.807) is 20.8 Å². The molecule has 8 heteroatoms. The molecule has 2 aromatic rings. The maximum atomic E-state index is 13.8. The van der Waals surface area contributed by atoms with E-state index in [0.717, 1.165) is 12.1 Å². The van der Waals surface area contributed by atoms with Crippen molar-refractivity contribution in [2.45, 2.75) is 25.7 Å². The highest BCUT2D eigenvalue weighted by Gasteiger charge is 2.23. The maximum absolute atomic E-state index is 13.8. The summed E-state index contributed by atoms with van der Waals surface area (Å²) in [5.41, 5.74) is 7.36. The summed E-state index contributed by atoms with van der Waals surface area (Å²) in [6.07, 6.45) is 0. The Hall–Kier alpha value is -2.09. The fourth-order valence-corrected chi connectivity index (χ4v) is 2.70. The number of halogens is 1. The quantitative estimate of drug-likeness (QED) is 0.846. The number of hydrogen-bond donors (Lipinski definition) is 2. The summed E-state index contributed by atoms with van der Waals surface area (Å²) in [4.78, 5) is -0.533. The van der Waals surface area contributed by atoms with Crippen molar-refractivity contribution in [2.24, 2.45) is 0 Å². The van der Waals surface area contributed by atoms with Crippen LogP contribution >= 0.6 is 0 Å². The molecule has 6 nitrogen and oxygen atoms in total. The second kappa shape index (κ2) is 4.78. The molecule has 20 heavy (non-hydrogen) atoms. The Morgan fingerprint density at radius 3 is 2.50 bits per heavy atom. The van der Waals surface area contributed by atoms with Gasteiger partial charge in [-0.15, -0.1) is 0 Å². The zero-order valence-corrected chi connectivity index (χ0v) is 12.0. The van der Waals surface area contributed by atoms with E-state index >= 15 is 0 Å². The van der Waals surface area contributed by atoms with E-state index in [1.165, 1.54) is 0 Å². The molecule has 0 atom stereocenters. The molecule has 0 saturated carbocycles. The fraction of sp³-hybridized carbons (Fsp3) is 0.250. The number of nitrogens with two attached hydrogens (primary N) is 1. The van der Waals surface area contributed by atoms with E-state index in [1.807, 2.05) is 0 Å². The van der Waals surface area contributed by atoms with Crippen molar-refractivity contribution in [1.82, 2.24) is 5.16 Å². The van der Waals surface area contributed by atoms with Crippen LogP contribution in [0.15, 0.2) is 21.6 Å². The number of hydrogen-bond acceptors (Lipinski definition) is 5. The first-order valence-electron chi connectivity index (χ1n) is 5.73. The van der Waals surface area contributed by atoms with Gasteiger partial charge in [-0.25, -0.2) is 17.5 Å². The summed E-state index contributed by atoms with van der Waals surface area (Å²) in [7, 11) is -4.13. The number of benzene rings is 1. The van der Waals surface area contributed by atoms with Crippen LogP contribution in [0.1, 0.15) is 16.8 Å². The molecule has 0 fully saturated rings. The fourth-order valence-electron chi connectivity index (χ4n) is 1.56.